The van der Waals surface area contributed by atoms with Crippen LogP contribution < -0.4 is 5.32 Å². The molecule has 5 nitrogen and oxygen atoms in total. The van der Waals surface area contributed by atoms with Crippen LogP contribution in [0.25, 0.3) is 0 Å². The number of nitrogens with one attached hydrogen (secondary N) is 1. The molecule has 1 aromatic heterocycles. The summed E-state index contributed by atoms with van der Waals surface area (Å²) in [5.74, 6) is 1.01. The van der Waals surface area contributed by atoms with Crippen LogP contribution in [0.2, 0.25) is 0 Å². The minimum atomic E-state index is 0. The van der Waals surface area contributed by atoms with E-state index < -0.39 is 0 Å². The van der Waals surface area contributed by atoms with Crippen LogP contribution in [0.15, 0.2) is 17.3 Å². The second-order valence-corrected chi connectivity index (χ2v) is 6.43. The number of aromatic nitrogens is 2. The van der Waals surface area contributed by atoms with Gasteiger partial charge in [-0.25, -0.2) is 0 Å². The molecule has 6 heteroatoms. The van der Waals surface area contributed by atoms with Gasteiger partial charge < -0.3 is 10.2 Å². The van der Waals surface area contributed by atoms with Crippen LogP contribution in [0.3, 0.4) is 0 Å². The van der Waals surface area contributed by atoms with Crippen molar-refractivity contribution in [2.75, 3.05) is 20.1 Å². The topological polar surface area (TPSA) is 45.4 Å². The molecule has 1 aliphatic rings. The molecule has 22 heavy (non-hydrogen) atoms. The second kappa shape index (κ2) is 8.74. The monoisotopic (exact) mass is 419 g/mol. The van der Waals surface area contributed by atoms with Crippen molar-refractivity contribution in [3.05, 3.63) is 18.0 Å². The fourth-order valence-electron chi connectivity index (χ4n) is 3.38. The smallest absolute Gasteiger partial charge is 0.193 e. The van der Waals surface area contributed by atoms with Gasteiger partial charge in [0, 0.05) is 33.4 Å². The van der Waals surface area contributed by atoms with Gasteiger partial charge in [-0.3, -0.25) is 9.67 Å². The third kappa shape index (κ3) is 4.86. The molecule has 0 spiro atoms. The Morgan fingerprint density at radius 1 is 1.50 bits per heavy atom. The quantitative estimate of drug-likeness (QED) is 0.464. The zero-order valence-electron chi connectivity index (χ0n) is 14.3. The SMILES string of the molecule is CCCC1(C)CCCN(C(=NC)NCc2ccnn2C)C1.I. The molecule has 126 valence electrons. The molecule has 1 atom stereocenters. The lowest BCUT2D eigenvalue weighted by Gasteiger charge is -2.42. The maximum Gasteiger partial charge on any atom is 0.193 e. The van der Waals surface area contributed by atoms with Crippen LogP contribution in [-0.2, 0) is 13.6 Å². The standard InChI is InChI=1S/C16H29N5.HI/c1-5-8-16(2)9-6-11-21(13-16)15(17-3)18-12-14-7-10-19-20(14)4;/h7,10H,5-6,8-9,11-13H2,1-4H3,(H,17,18);1H. The number of hydrogen-bond acceptors (Lipinski definition) is 2. The van der Waals surface area contributed by atoms with Gasteiger partial charge in [0.15, 0.2) is 5.96 Å². The van der Waals surface area contributed by atoms with E-state index in [2.05, 4.69) is 34.2 Å². The van der Waals surface area contributed by atoms with E-state index in [-0.39, 0.29) is 24.0 Å². The molecule has 1 unspecified atom stereocenters. The number of halogens is 1. The Balaban J connectivity index is 0.00000242. The maximum atomic E-state index is 4.47. The fraction of sp³-hybridized carbons (Fsp3) is 0.750. The Labute approximate surface area is 151 Å². The highest BCUT2D eigenvalue weighted by Crippen LogP contribution is 2.33. The predicted molar refractivity (Wildman–Crippen MR) is 103 cm³/mol. The highest BCUT2D eigenvalue weighted by Gasteiger charge is 2.31. The van der Waals surface area contributed by atoms with E-state index in [0.717, 1.165) is 25.6 Å². The molecule has 0 radical (unpaired) electrons. The molecule has 1 fully saturated rings. The molecule has 2 heterocycles. The first-order valence-electron chi connectivity index (χ1n) is 8.00. The molecular formula is C16H30IN5. The van der Waals surface area contributed by atoms with Gasteiger partial charge in [0.05, 0.1) is 12.2 Å². The molecule has 2 rings (SSSR count). The summed E-state index contributed by atoms with van der Waals surface area (Å²) in [6.07, 6.45) is 6.96. The highest BCUT2D eigenvalue weighted by atomic mass is 127. The van der Waals surface area contributed by atoms with Crippen LogP contribution in [0.5, 0.6) is 0 Å². The van der Waals surface area contributed by atoms with Crippen molar-refractivity contribution in [1.29, 1.82) is 0 Å². The summed E-state index contributed by atoms with van der Waals surface area (Å²) in [7, 11) is 3.84. The minimum Gasteiger partial charge on any atom is -0.351 e. The molecule has 0 saturated carbocycles. The van der Waals surface area contributed by atoms with E-state index in [9.17, 15) is 0 Å². The molecule has 1 N–H and O–H groups in total. The normalized spacial score (nSPS) is 22.4. The summed E-state index contributed by atoms with van der Waals surface area (Å²) in [4.78, 5) is 6.88. The lowest BCUT2D eigenvalue weighted by molar-refractivity contribution is 0.142. The van der Waals surface area contributed by atoms with Crippen LogP contribution in [0.4, 0.5) is 0 Å². The van der Waals surface area contributed by atoms with Crippen LogP contribution >= 0.6 is 24.0 Å². The van der Waals surface area contributed by atoms with E-state index in [1.807, 2.05) is 31.0 Å². The van der Waals surface area contributed by atoms with E-state index >= 15 is 0 Å². The second-order valence-electron chi connectivity index (χ2n) is 6.43. The largest absolute Gasteiger partial charge is 0.351 e. The average molecular weight is 419 g/mol. The number of guanidine groups is 1. The van der Waals surface area contributed by atoms with Crippen molar-refractivity contribution in [3.63, 3.8) is 0 Å². The zero-order chi connectivity index (χ0) is 15.3. The van der Waals surface area contributed by atoms with E-state index in [4.69, 9.17) is 0 Å². The van der Waals surface area contributed by atoms with Gasteiger partial charge in [-0.2, -0.15) is 5.10 Å². The molecule has 1 aromatic rings. The number of piperidine rings is 1. The molecular weight excluding hydrogens is 389 g/mol. The van der Waals surface area contributed by atoms with Crippen molar-refractivity contribution in [2.24, 2.45) is 17.5 Å². The van der Waals surface area contributed by atoms with Gasteiger partial charge in [0.25, 0.3) is 0 Å². The molecule has 0 aromatic carbocycles. The van der Waals surface area contributed by atoms with Gasteiger partial charge in [-0.1, -0.05) is 20.3 Å². The summed E-state index contributed by atoms with van der Waals surface area (Å²) < 4.78 is 1.90. The van der Waals surface area contributed by atoms with Crippen LogP contribution in [0, 0.1) is 5.41 Å². The first-order valence-corrected chi connectivity index (χ1v) is 8.00. The van der Waals surface area contributed by atoms with Crippen molar-refractivity contribution in [1.82, 2.24) is 20.0 Å². The summed E-state index contributed by atoms with van der Waals surface area (Å²) in [5, 5.41) is 7.68. The molecule has 0 amide bonds. The third-order valence-electron chi connectivity index (χ3n) is 4.50. The Morgan fingerprint density at radius 3 is 2.86 bits per heavy atom. The van der Waals surface area contributed by atoms with Crippen LogP contribution in [-0.4, -0.2) is 40.8 Å². The fourth-order valence-corrected chi connectivity index (χ4v) is 3.38. The first kappa shape index (κ1) is 19.3. The number of hydrogen-bond donors (Lipinski definition) is 1. The number of aliphatic imine (C=N–C) groups is 1. The van der Waals surface area contributed by atoms with Crippen molar-refractivity contribution < 1.29 is 0 Å². The van der Waals surface area contributed by atoms with Gasteiger partial charge in [-0.05, 0) is 30.7 Å². The first-order chi connectivity index (χ1) is 10.1. The third-order valence-corrected chi connectivity index (χ3v) is 4.50. The molecule has 1 saturated heterocycles. The number of nitrogens with zero attached hydrogens (tertiary/aromatic N) is 4. The number of aryl methyl sites for hydroxylation is 1. The van der Waals surface area contributed by atoms with Crippen LogP contribution in [0.1, 0.15) is 45.2 Å². The van der Waals surface area contributed by atoms with Crippen molar-refractivity contribution in [2.45, 2.75) is 46.1 Å². The van der Waals surface area contributed by atoms with E-state index in [0.29, 0.717) is 5.41 Å². The predicted octanol–water partition coefficient (Wildman–Crippen LogP) is 3.02. The number of rotatable bonds is 4. The molecule has 0 bridgehead atoms. The summed E-state index contributed by atoms with van der Waals surface area (Å²) >= 11 is 0. The van der Waals surface area contributed by atoms with Crippen molar-refractivity contribution >= 4 is 29.9 Å². The van der Waals surface area contributed by atoms with E-state index in [1.165, 1.54) is 31.4 Å². The zero-order valence-corrected chi connectivity index (χ0v) is 16.6. The van der Waals surface area contributed by atoms with Gasteiger partial charge in [0.1, 0.15) is 0 Å². The van der Waals surface area contributed by atoms with E-state index in [1.54, 1.807) is 0 Å². The lowest BCUT2D eigenvalue weighted by Crippen LogP contribution is -2.49. The lowest BCUT2D eigenvalue weighted by atomic mass is 9.78. The Morgan fingerprint density at radius 2 is 2.27 bits per heavy atom. The van der Waals surface area contributed by atoms with Gasteiger partial charge in [-0.15, -0.1) is 24.0 Å². The van der Waals surface area contributed by atoms with Crippen molar-refractivity contribution in [3.8, 4) is 0 Å². The average Bonchev–Trinajstić information content (AvgIpc) is 2.85. The molecule has 1 aliphatic heterocycles. The Bertz CT molecular complexity index is 481. The number of likely N-dealkylation sites (tertiary alicyclic amines) is 1. The summed E-state index contributed by atoms with van der Waals surface area (Å²) in [6, 6.07) is 2.04. The maximum absolute atomic E-state index is 4.47. The van der Waals surface area contributed by atoms with Gasteiger partial charge >= 0.3 is 0 Å². The minimum absolute atomic E-state index is 0. The van der Waals surface area contributed by atoms with Gasteiger partial charge in [0.2, 0.25) is 0 Å². The highest BCUT2D eigenvalue weighted by molar-refractivity contribution is 14.0. The summed E-state index contributed by atoms with van der Waals surface area (Å²) in [5.41, 5.74) is 1.60. The summed E-state index contributed by atoms with van der Waals surface area (Å²) in [6.45, 7) is 7.66. The molecule has 0 aliphatic carbocycles. The Hall–Kier alpha value is -0.790. The Kier molecular flexibility index (Phi) is 7.65.